The Morgan fingerprint density at radius 2 is 2.00 bits per heavy atom. The molecule has 0 saturated carbocycles. The second-order valence-electron chi connectivity index (χ2n) is 7.50. The van der Waals surface area contributed by atoms with Crippen molar-refractivity contribution in [3.8, 4) is 22.8 Å². The number of aromatic hydroxyl groups is 1. The van der Waals surface area contributed by atoms with Crippen molar-refractivity contribution >= 4 is 34.8 Å². The molecule has 0 fully saturated rings. The number of aromatic nitrogens is 1. The van der Waals surface area contributed by atoms with Crippen LogP contribution in [0.2, 0.25) is 0 Å². The van der Waals surface area contributed by atoms with Crippen LogP contribution in [0.5, 0.6) is 11.5 Å². The van der Waals surface area contributed by atoms with Crippen molar-refractivity contribution in [1.82, 2.24) is 4.68 Å². The third kappa shape index (κ3) is 4.42. The summed E-state index contributed by atoms with van der Waals surface area (Å²) in [4.78, 5) is 17.3. The van der Waals surface area contributed by atoms with Gasteiger partial charge in [0, 0.05) is 10.9 Å². The van der Waals surface area contributed by atoms with Crippen LogP contribution in [0.1, 0.15) is 11.1 Å². The second kappa shape index (κ2) is 8.76. The van der Waals surface area contributed by atoms with Gasteiger partial charge in [0.05, 0.1) is 23.3 Å². The highest BCUT2D eigenvalue weighted by atomic mass is 32.1. The van der Waals surface area contributed by atoms with E-state index in [1.165, 1.54) is 11.3 Å². The summed E-state index contributed by atoms with van der Waals surface area (Å²) < 4.78 is 7.24. The monoisotopic (exact) mass is 456 g/mol. The van der Waals surface area contributed by atoms with E-state index in [0.29, 0.717) is 16.2 Å². The number of hydrogen-bond donors (Lipinski definition) is 2. The summed E-state index contributed by atoms with van der Waals surface area (Å²) in [7, 11) is 0. The van der Waals surface area contributed by atoms with Crippen LogP contribution in [0.4, 0.5) is 11.4 Å². The van der Waals surface area contributed by atoms with Gasteiger partial charge in [-0.1, -0.05) is 30.3 Å². The molecule has 1 aliphatic rings. The van der Waals surface area contributed by atoms with E-state index >= 15 is 0 Å². The molecule has 33 heavy (non-hydrogen) atoms. The maximum absolute atomic E-state index is 11.8. The second-order valence-corrected chi connectivity index (χ2v) is 8.34. The van der Waals surface area contributed by atoms with E-state index in [2.05, 4.69) is 10.4 Å². The molecule has 1 amide bonds. The number of phenolic OH excluding ortho intramolecular Hbond substituents is 1. The number of rotatable bonds is 4. The first-order valence-electron chi connectivity index (χ1n) is 10.3. The predicted molar refractivity (Wildman–Crippen MR) is 129 cm³/mol. The van der Waals surface area contributed by atoms with Crippen LogP contribution < -0.4 is 14.9 Å². The summed E-state index contributed by atoms with van der Waals surface area (Å²) in [5.41, 5.74) is 4.97. The number of benzene rings is 3. The summed E-state index contributed by atoms with van der Waals surface area (Å²) >= 11 is 1.47. The molecule has 2 N–H and O–H groups in total. The number of phenols is 1. The van der Waals surface area contributed by atoms with E-state index in [-0.39, 0.29) is 18.3 Å². The summed E-state index contributed by atoms with van der Waals surface area (Å²) in [5, 5.41) is 19.3. The van der Waals surface area contributed by atoms with Gasteiger partial charge in [0.15, 0.2) is 6.61 Å². The number of carbonyl (C=O) groups is 1. The molecule has 0 bridgehead atoms. The fourth-order valence-corrected chi connectivity index (χ4v) is 4.30. The number of thiazole rings is 1. The quantitative estimate of drug-likeness (QED) is 0.437. The molecule has 8 heteroatoms. The van der Waals surface area contributed by atoms with Gasteiger partial charge < -0.3 is 15.2 Å². The average Bonchev–Trinajstić information content (AvgIpc) is 3.21. The molecule has 3 aromatic carbocycles. The van der Waals surface area contributed by atoms with Gasteiger partial charge in [0.25, 0.3) is 5.91 Å². The summed E-state index contributed by atoms with van der Waals surface area (Å²) in [6.07, 6.45) is 1.68. The highest BCUT2D eigenvalue weighted by molar-refractivity contribution is 7.07. The Bertz CT molecular complexity index is 1450. The fourth-order valence-electron chi connectivity index (χ4n) is 3.45. The number of amides is 1. The van der Waals surface area contributed by atoms with Gasteiger partial charge in [-0.05, 0) is 54.4 Å². The first kappa shape index (κ1) is 20.7. The van der Waals surface area contributed by atoms with Gasteiger partial charge in [-0.3, -0.25) is 4.79 Å². The molecular weight excluding hydrogens is 436 g/mol. The normalized spacial score (nSPS) is 13.6. The van der Waals surface area contributed by atoms with Crippen LogP contribution in [0.25, 0.3) is 11.3 Å². The van der Waals surface area contributed by atoms with Gasteiger partial charge in [-0.2, -0.15) is 5.10 Å². The smallest absolute Gasteiger partial charge is 0.262 e. The topological polar surface area (TPSA) is 88.2 Å². The van der Waals surface area contributed by atoms with E-state index in [4.69, 9.17) is 9.73 Å². The fraction of sp³-hybridized carbons (Fsp3) is 0.0800. The molecular formula is C25H20N4O3S. The molecule has 4 aromatic rings. The van der Waals surface area contributed by atoms with Crippen LogP contribution in [0.3, 0.4) is 0 Å². The zero-order valence-electron chi connectivity index (χ0n) is 17.7. The van der Waals surface area contributed by atoms with E-state index in [0.717, 1.165) is 28.1 Å². The Labute approximate surface area is 194 Å². The largest absolute Gasteiger partial charge is 0.508 e. The SMILES string of the molecule is Cc1ccccc1N=c1scc(-c2ccc3c(c2)NC(=O)CO3)n1N=Cc1cccc(O)c1. The van der Waals surface area contributed by atoms with Crippen molar-refractivity contribution in [2.24, 2.45) is 10.1 Å². The van der Waals surface area contributed by atoms with Crippen molar-refractivity contribution in [2.75, 3.05) is 11.9 Å². The molecule has 0 atom stereocenters. The Balaban J connectivity index is 1.64. The van der Waals surface area contributed by atoms with Crippen LogP contribution in [-0.4, -0.2) is 28.5 Å². The van der Waals surface area contributed by atoms with Crippen molar-refractivity contribution in [3.63, 3.8) is 0 Å². The number of aryl methyl sites for hydroxylation is 1. The molecule has 1 aliphatic heterocycles. The molecule has 7 nitrogen and oxygen atoms in total. The van der Waals surface area contributed by atoms with Crippen LogP contribution >= 0.6 is 11.3 Å². The third-order valence-electron chi connectivity index (χ3n) is 5.12. The van der Waals surface area contributed by atoms with E-state index in [1.54, 1.807) is 29.1 Å². The Morgan fingerprint density at radius 1 is 1.12 bits per heavy atom. The third-order valence-corrected chi connectivity index (χ3v) is 5.93. The lowest BCUT2D eigenvalue weighted by Gasteiger charge is -2.18. The lowest BCUT2D eigenvalue weighted by atomic mass is 10.1. The lowest BCUT2D eigenvalue weighted by molar-refractivity contribution is -0.118. The van der Waals surface area contributed by atoms with E-state index in [1.807, 2.05) is 60.8 Å². The van der Waals surface area contributed by atoms with Gasteiger partial charge in [0.1, 0.15) is 11.5 Å². The summed E-state index contributed by atoms with van der Waals surface area (Å²) in [6.45, 7) is 2.03. The van der Waals surface area contributed by atoms with Crippen molar-refractivity contribution < 1.29 is 14.6 Å². The van der Waals surface area contributed by atoms with Gasteiger partial charge >= 0.3 is 0 Å². The lowest BCUT2D eigenvalue weighted by Crippen LogP contribution is -2.25. The minimum atomic E-state index is -0.185. The number of carbonyl (C=O) groups excluding carboxylic acids is 1. The number of nitrogens with one attached hydrogen (secondary N) is 1. The summed E-state index contributed by atoms with van der Waals surface area (Å²) in [6, 6.07) is 20.4. The zero-order chi connectivity index (χ0) is 22.8. The average molecular weight is 457 g/mol. The standard InChI is InChI=1S/C25H20N4O3S/c1-16-5-2-3-8-20(16)28-25-29(26-13-17-6-4-7-19(30)11-17)22(15-33-25)18-9-10-23-21(12-18)27-24(31)14-32-23/h2-13,15,30H,14H2,1H3,(H,27,31). The Morgan fingerprint density at radius 3 is 2.85 bits per heavy atom. The Kier molecular flexibility index (Phi) is 5.50. The van der Waals surface area contributed by atoms with E-state index < -0.39 is 0 Å². The van der Waals surface area contributed by atoms with Crippen molar-refractivity contribution in [2.45, 2.75) is 6.92 Å². The number of hydrogen-bond acceptors (Lipinski definition) is 6. The van der Waals surface area contributed by atoms with Crippen molar-refractivity contribution in [1.29, 1.82) is 0 Å². The predicted octanol–water partition coefficient (Wildman–Crippen LogP) is 4.68. The molecule has 0 saturated heterocycles. The number of ether oxygens (including phenoxy) is 1. The molecule has 0 spiro atoms. The molecule has 164 valence electrons. The molecule has 1 aromatic heterocycles. The number of fused-ring (bicyclic) bond motifs is 1. The minimum absolute atomic E-state index is 0.0124. The number of anilines is 1. The van der Waals surface area contributed by atoms with Crippen LogP contribution in [-0.2, 0) is 4.79 Å². The molecule has 0 radical (unpaired) electrons. The number of nitrogens with zero attached hydrogens (tertiary/aromatic N) is 3. The summed E-state index contributed by atoms with van der Waals surface area (Å²) in [5.74, 6) is 0.618. The maximum atomic E-state index is 11.8. The highest BCUT2D eigenvalue weighted by Crippen LogP contribution is 2.33. The van der Waals surface area contributed by atoms with Gasteiger partial charge in [0.2, 0.25) is 4.80 Å². The molecule has 5 rings (SSSR count). The molecule has 0 unspecified atom stereocenters. The van der Waals surface area contributed by atoms with E-state index in [9.17, 15) is 9.90 Å². The zero-order valence-corrected chi connectivity index (χ0v) is 18.5. The Hall–Kier alpha value is -4.17. The molecule has 0 aliphatic carbocycles. The minimum Gasteiger partial charge on any atom is -0.508 e. The maximum Gasteiger partial charge on any atom is 0.262 e. The van der Waals surface area contributed by atoms with Crippen LogP contribution in [0, 0.1) is 6.92 Å². The van der Waals surface area contributed by atoms with Gasteiger partial charge in [-0.15, -0.1) is 11.3 Å². The highest BCUT2D eigenvalue weighted by Gasteiger charge is 2.18. The number of para-hydroxylation sites is 1. The van der Waals surface area contributed by atoms with Gasteiger partial charge in [-0.25, -0.2) is 9.67 Å². The van der Waals surface area contributed by atoms with Crippen LogP contribution in [0.15, 0.2) is 82.2 Å². The first-order valence-corrected chi connectivity index (χ1v) is 11.2. The van der Waals surface area contributed by atoms with Crippen molar-refractivity contribution in [3.05, 3.63) is 88.0 Å². The first-order chi connectivity index (χ1) is 16.1. The molecule has 2 heterocycles.